The molecule has 2 aliphatic rings. The van der Waals surface area contributed by atoms with Crippen molar-refractivity contribution in [2.45, 2.75) is 25.4 Å². The molecule has 0 saturated carbocycles. The minimum Gasteiger partial charge on any atom is -0.378 e. The monoisotopic (exact) mass is 318 g/mol. The lowest BCUT2D eigenvalue weighted by molar-refractivity contribution is -0.133. The number of aromatic nitrogens is 1. The van der Waals surface area contributed by atoms with Crippen molar-refractivity contribution in [3.8, 4) is 0 Å². The van der Waals surface area contributed by atoms with Crippen molar-refractivity contribution < 1.29 is 14.3 Å². The molecule has 7 nitrogen and oxygen atoms in total. The first-order chi connectivity index (χ1) is 11.1. The third kappa shape index (κ3) is 3.61. The molecule has 0 bridgehead atoms. The van der Waals surface area contributed by atoms with E-state index in [1.54, 1.807) is 13.2 Å². The number of ether oxygens (including phenoxy) is 1. The molecule has 3 rings (SSSR count). The number of carbonyl (C=O) groups excluding carboxylic acids is 2. The van der Waals surface area contributed by atoms with Gasteiger partial charge in [0.15, 0.2) is 0 Å². The second-order valence-corrected chi connectivity index (χ2v) is 5.90. The summed E-state index contributed by atoms with van der Waals surface area (Å²) in [6.45, 7) is 3.59. The van der Waals surface area contributed by atoms with Crippen molar-refractivity contribution in [2.24, 2.45) is 0 Å². The Kier molecular flexibility index (Phi) is 4.76. The van der Waals surface area contributed by atoms with E-state index in [9.17, 15) is 9.59 Å². The predicted molar refractivity (Wildman–Crippen MR) is 84.9 cm³/mol. The van der Waals surface area contributed by atoms with Gasteiger partial charge in [-0.1, -0.05) is 6.07 Å². The van der Waals surface area contributed by atoms with Crippen LogP contribution in [0.2, 0.25) is 0 Å². The van der Waals surface area contributed by atoms with Crippen LogP contribution in [-0.2, 0) is 20.9 Å². The van der Waals surface area contributed by atoms with Gasteiger partial charge in [0.1, 0.15) is 11.9 Å². The van der Waals surface area contributed by atoms with Crippen molar-refractivity contribution in [1.82, 2.24) is 15.2 Å². The number of likely N-dealkylation sites (tertiary alicyclic amines) is 1. The fourth-order valence-corrected chi connectivity index (χ4v) is 2.92. The van der Waals surface area contributed by atoms with Crippen LogP contribution in [0.5, 0.6) is 0 Å². The molecule has 1 aromatic heterocycles. The number of hydrogen-bond donors (Lipinski definition) is 1. The molecule has 124 valence electrons. The van der Waals surface area contributed by atoms with Gasteiger partial charge >= 0.3 is 0 Å². The maximum Gasteiger partial charge on any atom is 0.243 e. The van der Waals surface area contributed by atoms with E-state index in [1.807, 2.05) is 12.1 Å². The highest BCUT2D eigenvalue weighted by atomic mass is 16.5. The fourth-order valence-electron chi connectivity index (χ4n) is 2.92. The molecule has 1 atom stereocenters. The minimum atomic E-state index is -0.344. The van der Waals surface area contributed by atoms with Crippen molar-refractivity contribution in [1.29, 1.82) is 0 Å². The molecule has 0 radical (unpaired) electrons. The summed E-state index contributed by atoms with van der Waals surface area (Å²) in [5.74, 6) is 0.863. The van der Waals surface area contributed by atoms with E-state index < -0.39 is 0 Å². The molecule has 1 aromatic rings. The zero-order valence-electron chi connectivity index (χ0n) is 13.3. The fraction of sp³-hybridized carbons (Fsp3) is 0.562. The summed E-state index contributed by atoms with van der Waals surface area (Å²) < 4.78 is 5.33. The van der Waals surface area contributed by atoms with Crippen LogP contribution in [0, 0.1) is 0 Å². The van der Waals surface area contributed by atoms with E-state index in [-0.39, 0.29) is 17.9 Å². The summed E-state index contributed by atoms with van der Waals surface area (Å²) >= 11 is 0. The smallest absolute Gasteiger partial charge is 0.243 e. The summed E-state index contributed by atoms with van der Waals surface area (Å²) in [6.07, 6.45) is 2.83. The molecular formula is C16H22N4O3. The quantitative estimate of drug-likeness (QED) is 0.856. The number of pyridine rings is 1. The predicted octanol–water partition coefficient (Wildman–Crippen LogP) is 0.155. The number of nitrogens with one attached hydrogen (secondary N) is 1. The summed E-state index contributed by atoms with van der Waals surface area (Å²) in [5, 5.41) is 2.88. The molecule has 2 aliphatic heterocycles. The second kappa shape index (κ2) is 6.95. The van der Waals surface area contributed by atoms with Crippen LogP contribution in [0.1, 0.15) is 18.4 Å². The highest BCUT2D eigenvalue weighted by Crippen LogP contribution is 2.17. The molecule has 0 spiro atoms. The lowest BCUT2D eigenvalue weighted by Gasteiger charge is -2.27. The Hall–Kier alpha value is -2.15. The first-order valence-corrected chi connectivity index (χ1v) is 7.96. The van der Waals surface area contributed by atoms with Crippen LogP contribution in [0.25, 0.3) is 0 Å². The van der Waals surface area contributed by atoms with Gasteiger partial charge in [-0.15, -0.1) is 0 Å². The summed E-state index contributed by atoms with van der Waals surface area (Å²) in [5.41, 5.74) is 0.947. The Balaban J connectivity index is 1.52. The molecule has 2 saturated heterocycles. The molecule has 1 N–H and O–H groups in total. The molecule has 7 heteroatoms. The van der Waals surface area contributed by atoms with Gasteiger partial charge in [-0.3, -0.25) is 9.59 Å². The third-order valence-electron chi connectivity index (χ3n) is 4.41. The summed E-state index contributed by atoms with van der Waals surface area (Å²) in [6, 6.07) is 3.60. The number of likely N-dealkylation sites (N-methyl/N-ethyl adjacent to an activating group) is 1. The van der Waals surface area contributed by atoms with Crippen LogP contribution in [0.4, 0.5) is 5.82 Å². The van der Waals surface area contributed by atoms with E-state index in [4.69, 9.17) is 4.74 Å². The first-order valence-electron chi connectivity index (χ1n) is 7.96. The Morgan fingerprint density at radius 2 is 2.17 bits per heavy atom. The summed E-state index contributed by atoms with van der Waals surface area (Å²) in [7, 11) is 1.68. The average Bonchev–Trinajstić information content (AvgIpc) is 2.93. The van der Waals surface area contributed by atoms with E-state index in [2.05, 4.69) is 15.2 Å². The molecule has 2 amide bonds. The molecule has 23 heavy (non-hydrogen) atoms. The van der Waals surface area contributed by atoms with Gasteiger partial charge in [0.05, 0.1) is 13.2 Å². The largest absolute Gasteiger partial charge is 0.378 e. The molecule has 0 aliphatic carbocycles. The molecule has 2 fully saturated rings. The molecular weight excluding hydrogens is 296 g/mol. The number of carbonyl (C=O) groups is 2. The van der Waals surface area contributed by atoms with Gasteiger partial charge in [0.2, 0.25) is 11.8 Å². The van der Waals surface area contributed by atoms with Gasteiger partial charge < -0.3 is 19.9 Å². The minimum absolute atomic E-state index is 0.0293. The normalized spacial score (nSPS) is 21.6. The number of hydrogen-bond acceptors (Lipinski definition) is 5. The van der Waals surface area contributed by atoms with E-state index in [1.165, 1.54) is 4.90 Å². The van der Waals surface area contributed by atoms with Gasteiger partial charge in [-0.25, -0.2) is 4.98 Å². The Labute approximate surface area is 135 Å². The van der Waals surface area contributed by atoms with Gasteiger partial charge in [-0.05, 0) is 18.1 Å². The Bertz CT molecular complexity index is 569. The maximum atomic E-state index is 12.1. The van der Waals surface area contributed by atoms with Gasteiger partial charge in [-0.2, -0.15) is 0 Å². The van der Waals surface area contributed by atoms with Crippen LogP contribution < -0.4 is 10.2 Å². The van der Waals surface area contributed by atoms with Crippen LogP contribution in [0.15, 0.2) is 18.3 Å². The number of rotatable bonds is 4. The lowest BCUT2D eigenvalue weighted by atomic mass is 10.2. The van der Waals surface area contributed by atoms with Crippen molar-refractivity contribution in [3.05, 3.63) is 23.9 Å². The molecule has 0 aromatic carbocycles. The van der Waals surface area contributed by atoms with Crippen molar-refractivity contribution in [3.63, 3.8) is 0 Å². The molecule has 3 heterocycles. The number of morpholine rings is 1. The third-order valence-corrected chi connectivity index (χ3v) is 4.41. The first kappa shape index (κ1) is 15.7. The van der Waals surface area contributed by atoms with E-state index in [0.717, 1.165) is 37.7 Å². The Morgan fingerprint density at radius 3 is 2.78 bits per heavy atom. The number of amides is 2. The zero-order valence-corrected chi connectivity index (χ0v) is 13.3. The van der Waals surface area contributed by atoms with Crippen LogP contribution >= 0.6 is 0 Å². The van der Waals surface area contributed by atoms with Gasteiger partial charge in [0.25, 0.3) is 0 Å². The standard InChI is InChI=1S/C16H22N4O3/c1-19-13(3-5-15(19)21)16(22)18-11-12-2-4-14(17-10-12)20-6-8-23-9-7-20/h2,4,10,13H,3,5-9,11H2,1H3,(H,18,22)/t13-/m1/s1. The Morgan fingerprint density at radius 1 is 1.39 bits per heavy atom. The maximum absolute atomic E-state index is 12.1. The van der Waals surface area contributed by atoms with E-state index in [0.29, 0.717) is 19.4 Å². The van der Waals surface area contributed by atoms with E-state index >= 15 is 0 Å². The second-order valence-electron chi connectivity index (χ2n) is 5.90. The topological polar surface area (TPSA) is 74.8 Å². The van der Waals surface area contributed by atoms with Crippen LogP contribution in [-0.4, -0.2) is 61.1 Å². The number of nitrogens with zero attached hydrogens (tertiary/aromatic N) is 3. The highest BCUT2D eigenvalue weighted by Gasteiger charge is 2.32. The highest BCUT2D eigenvalue weighted by molar-refractivity contribution is 5.90. The van der Waals surface area contributed by atoms with Crippen molar-refractivity contribution >= 4 is 17.6 Å². The summed E-state index contributed by atoms with van der Waals surface area (Å²) in [4.78, 5) is 31.8. The zero-order chi connectivity index (χ0) is 16.2. The average molecular weight is 318 g/mol. The lowest BCUT2D eigenvalue weighted by Crippen LogP contribution is -2.42. The number of anilines is 1. The van der Waals surface area contributed by atoms with Gasteiger partial charge in [0, 0.05) is 39.3 Å². The molecule has 0 unspecified atom stereocenters. The SMILES string of the molecule is CN1C(=O)CC[C@@H]1C(=O)NCc1ccc(N2CCOCC2)nc1. The van der Waals surface area contributed by atoms with Crippen molar-refractivity contribution in [2.75, 3.05) is 38.3 Å². The van der Waals surface area contributed by atoms with Crippen LogP contribution in [0.3, 0.4) is 0 Å².